The lowest BCUT2D eigenvalue weighted by Gasteiger charge is -2.43. The molecule has 7 heterocycles. The van der Waals surface area contributed by atoms with Gasteiger partial charge in [0, 0.05) is 109 Å². The van der Waals surface area contributed by atoms with Crippen molar-refractivity contribution in [3.05, 3.63) is 54.4 Å². The Balaban J connectivity index is 0.849. The fourth-order valence-electron chi connectivity index (χ4n) is 8.48. The molecule has 1 atom stereocenters. The maximum Gasteiger partial charge on any atom is 0.249 e. The summed E-state index contributed by atoms with van der Waals surface area (Å²) in [5.74, 6) is 2.76. The molecule has 0 radical (unpaired) electrons. The summed E-state index contributed by atoms with van der Waals surface area (Å²) in [5.41, 5.74) is 3.21. The van der Waals surface area contributed by atoms with Crippen molar-refractivity contribution >= 4 is 51.8 Å². The van der Waals surface area contributed by atoms with Crippen molar-refractivity contribution in [2.45, 2.75) is 83.1 Å². The molecule has 1 unspecified atom stereocenters. The van der Waals surface area contributed by atoms with Crippen LogP contribution in [0.1, 0.15) is 64.0 Å². The van der Waals surface area contributed by atoms with Crippen LogP contribution in [0.4, 0.5) is 29.1 Å². The number of rotatable bonds is 11. The highest BCUT2D eigenvalue weighted by Gasteiger charge is 2.30. The van der Waals surface area contributed by atoms with E-state index in [2.05, 4.69) is 77.3 Å². The normalized spacial score (nSPS) is 21.1. The van der Waals surface area contributed by atoms with Crippen LogP contribution in [0.25, 0.3) is 10.9 Å². The number of fused-ring (bicyclic) bond motifs is 1. The number of anilines is 5. The van der Waals surface area contributed by atoms with Crippen molar-refractivity contribution < 1.29 is 14.3 Å². The zero-order valence-electron chi connectivity index (χ0n) is 32.3. The molecule has 15 nitrogen and oxygen atoms in total. The Morgan fingerprint density at radius 2 is 1.67 bits per heavy atom. The molecule has 55 heavy (non-hydrogen) atoms. The van der Waals surface area contributed by atoms with E-state index in [0.717, 1.165) is 125 Å². The lowest BCUT2D eigenvalue weighted by molar-refractivity contribution is -0.133. The summed E-state index contributed by atoms with van der Waals surface area (Å²) in [7, 11) is 1.78. The molecule has 292 valence electrons. The van der Waals surface area contributed by atoms with Crippen LogP contribution in [0, 0.1) is 0 Å². The van der Waals surface area contributed by atoms with E-state index in [0.29, 0.717) is 25.0 Å². The van der Waals surface area contributed by atoms with Gasteiger partial charge in [-0.05, 0) is 69.7 Å². The molecular weight excluding hydrogens is 697 g/mol. The highest BCUT2D eigenvalue weighted by Crippen LogP contribution is 2.33. The van der Waals surface area contributed by atoms with Gasteiger partial charge in [-0.15, -0.1) is 0 Å². The number of carbonyl (C=O) groups is 2. The Labute approximate surface area is 322 Å². The second-order valence-corrected chi connectivity index (χ2v) is 15.6. The van der Waals surface area contributed by atoms with E-state index >= 15 is 0 Å². The number of hydrogen-bond donors (Lipinski definition) is 3. The van der Waals surface area contributed by atoms with E-state index in [1.54, 1.807) is 13.3 Å². The Hall–Kier alpha value is -4.86. The SMILES string of the molecule is COC1CCN(c2nccc(Nc3cc4c(cn3)c(N3CCC(N5CCN(Cc6cccc(NC7CCC(=O)NC7=O)c6)CC5)CC3)nn4C(C)C)n2)CC1. The molecule has 0 aliphatic carbocycles. The second-order valence-electron chi connectivity index (χ2n) is 15.6. The van der Waals surface area contributed by atoms with E-state index in [-0.39, 0.29) is 23.9 Å². The highest BCUT2D eigenvalue weighted by atomic mass is 16.5. The molecule has 4 saturated heterocycles. The van der Waals surface area contributed by atoms with E-state index in [1.807, 2.05) is 24.4 Å². The van der Waals surface area contributed by atoms with Gasteiger partial charge in [0.25, 0.3) is 0 Å². The van der Waals surface area contributed by atoms with Crippen LogP contribution in [0.2, 0.25) is 0 Å². The van der Waals surface area contributed by atoms with Gasteiger partial charge in [0.2, 0.25) is 17.8 Å². The summed E-state index contributed by atoms with van der Waals surface area (Å²) in [4.78, 5) is 47.8. The zero-order valence-corrected chi connectivity index (χ0v) is 32.3. The molecule has 0 saturated carbocycles. The summed E-state index contributed by atoms with van der Waals surface area (Å²) < 4.78 is 7.65. The molecule has 4 fully saturated rings. The quantitative estimate of drug-likeness (QED) is 0.189. The topological polar surface area (TPSA) is 149 Å². The number of piperazine rings is 1. The number of hydrogen-bond acceptors (Lipinski definition) is 13. The van der Waals surface area contributed by atoms with Crippen LogP contribution in [0.3, 0.4) is 0 Å². The summed E-state index contributed by atoms with van der Waals surface area (Å²) in [6, 6.07) is 12.7. The first kappa shape index (κ1) is 37.1. The minimum Gasteiger partial charge on any atom is -0.381 e. The molecular formula is C40H54N12O3. The number of imide groups is 1. The standard InChI is InChI=1S/C40H54N12O3/c1-27(2)52-34-24-36(44-35-9-14-41-40(45-35)51-17-12-31(55-3)13-18-51)42-25-32(34)38(47-52)50-15-10-30(11-16-50)49-21-19-48(20-22-49)26-28-5-4-6-29(23-28)43-33-7-8-37(53)46-39(33)54/h4-6,9,14,23-25,27,30-31,33,43H,7-8,10-13,15-22,26H2,1-3H3,(H,46,53,54)(H,41,42,44,45). The first-order valence-electron chi connectivity index (χ1n) is 20.0. The molecule has 2 amide bonds. The van der Waals surface area contributed by atoms with Gasteiger partial charge in [0.1, 0.15) is 17.7 Å². The van der Waals surface area contributed by atoms with Gasteiger partial charge < -0.3 is 25.2 Å². The number of benzene rings is 1. The van der Waals surface area contributed by atoms with Crippen molar-refractivity contribution in [2.75, 3.05) is 79.9 Å². The largest absolute Gasteiger partial charge is 0.381 e. The van der Waals surface area contributed by atoms with Gasteiger partial charge in [-0.3, -0.25) is 29.4 Å². The van der Waals surface area contributed by atoms with Crippen LogP contribution < -0.4 is 25.8 Å². The Bertz CT molecular complexity index is 1960. The molecule has 4 aliphatic heterocycles. The number of carbonyl (C=O) groups excluding carboxylic acids is 2. The van der Waals surface area contributed by atoms with Crippen molar-refractivity contribution in [1.82, 2.24) is 39.8 Å². The highest BCUT2D eigenvalue weighted by molar-refractivity contribution is 6.01. The minimum absolute atomic E-state index is 0.196. The van der Waals surface area contributed by atoms with Crippen LogP contribution in [0.15, 0.2) is 48.8 Å². The average Bonchev–Trinajstić information content (AvgIpc) is 3.59. The number of nitrogens with one attached hydrogen (secondary N) is 3. The number of methoxy groups -OCH3 is 1. The fourth-order valence-corrected chi connectivity index (χ4v) is 8.48. The summed E-state index contributed by atoms with van der Waals surface area (Å²) >= 11 is 0. The van der Waals surface area contributed by atoms with E-state index < -0.39 is 0 Å². The van der Waals surface area contributed by atoms with E-state index in [4.69, 9.17) is 19.8 Å². The van der Waals surface area contributed by atoms with Crippen molar-refractivity contribution in [3.63, 3.8) is 0 Å². The molecule has 1 aromatic carbocycles. The third-order valence-electron chi connectivity index (χ3n) is 11.6. The summed E-state index contributed by atoms with van der Waals surface area (Å²) in [5, 5.41) is 15.4. The zero-order chi connectivity index (χ0) is 37.9. The Morgan fingerprint density at radius 1 is 0.891 bits per heavy atom. The molecule has 0 bridgehead atoms. The third-order valence-corrected chi connectivity index (χ3v) is 11.6. The van der Waals surface area contributed by atoms with Gasteiger partial charge in [-0.2, -0.15) is 10.1 Å². The van der Waals surface area contributed by atoms with Crippen molar-refractivity contribution in [1.29, 1.82) is 0 Å². The Morgan fingerprint density at radius 3 is 2.42 bits per heavy atom. The molecule has 3 aromatic heterocycles. The fraction of sp³-hybridized carbons (Fsp3) is 0.550. The first-order valence-corrected chi connectivity index (χ1v) is 20.0. The van der Waals surface area contributed by atoms with E-state index in [1.165, 1.54) is 5.56 Å². The Kier molecular flexibility index (Phi) is 11.1. The van der Waals surface area contributed by atoms with Gasteiger partial charge >= 0.3 is 0 Å². The van der Waals surface area contributed by atoms with Gasteiger partial charge in [-0.1, -0.05) is 12.1 Å². The van der Waals surface area contributed by atoms with Crippen LogP contribution in [0.5, 0.6) is 0 Å². The van der Waals surface area contributed by atoms with Crippen molar-refractivity contribution in [3.8, 4) is 0 Å². The number of pyridine rings is 1. The monoisotopic (exact) mass is 750 g/mol. The summed E-state index contributed by atoms with van der Waals surface area (Å²) in [6.45, 7) is 13.1. The van der Waals surface area contributed by atoms with Crippen LogP contribution in [-0.2, 0) is 20.9 Å². The van der Waals surface area contributed by atoms with Crippen molar-refractivity contribution in [2.24, 2.45) is 0 Å². The number of aromatic nitrogens is 5. The third kappa shape index (κ3) is 8.53. The van der Waals surface area contributed by atoms with Crippen LogP contribution in [-0.4, -0.2) is 124 Å². The second kappa shape index (κ2) is 16.5. The van der Waals surface area contributed by atoms with Gasteiger partial charge in [0.05, 0.1) is 17.0 Å². The predicted octanol–water partition coefficient (Wildman–Crippen LogP) is 4.16. The maximum atomic E-state index is 12.2. The molecule has 15 heteroatoms. The van der Waals surface area contributed by atoms with Crippen LogP contribution >= 0.6 is 0 Å². The molecule has 8 rings (SSSR count). The minimum atomic E-state index is -0.375. The first-order chi connectivity index (χ1) is 26.8. The predicted molar refractivity (Wildman–Crippen MR) is 214 cm³/mol. The number of amides is 2. The molecule has 4 aliphatic rings. The molecule has 4 aromatic rings. The van der Waals surface area contributed by atoms with Gasteiger partial charge in [-0.25, -0.2) is 9.97 Å². The smallest absolute Gasteiger partial charge is 0.249 e. The summed E-state index contributed by atoms with van der Waals surface area (Å²) in [6.07, 6.45) is 9.11. The lowest BCUT2D eigenvalue weighted by atomic mass is 10.0. The lowest BCUT2D eigenvalue weighted by Crippen LogP contribution is -2.53. The molecule has 3 N–H and O–H groups in total. The molecule has 0 spiro atoms. The average molecular weight is 751 g/mol. The number of nitrogens with zero attached hydrogens (tertiary/aromatic N) is 9. The number of ether oxygens (including phenoxy) is 1. The van der Waals surface area contributed by atoms with E-state index in [9.17, 15) is 9.59 Å². The maximum absolute atomic E-state index is 12.2. The number of piperidine rings is 3. The van der Waals surface area contributed by atoms with Gasteiger partial charge in [0.15, 0.2) is 5.82 Å².